The van der Waals surface area contributed by atoms with E-state index in [1.165, 1.54) is 11.3 Å². The highest BCUT2D eigenvalue weighted by molar-refractivity contribution is 7.07. The van der Waals surface area contributed by atoms with Crippen LogP contribution in [0.25, 0.3) is 0 Å². The molecule has 0 aliphatic rings. The summed E-state index contributed by atoms with van der Waals surface area (Å²) in [7, 11) is 1.85. The van der Waals surface area contributed by atoms with Crippen molar-refractivity contribution in [3.63, 3.8) is 0 Å². The first-order chi connectivity index (χ1) is 6.52. The summed E-state index contributed by atoms with van der Waals surface area (Å²) in [5.74, 6) is -0.130. The van der Waals surface area contributed by atoms with Crippen LogP contribution in [0.3, 0.4) is 0 Å². The van der Waals surface area contributed by atoms with Gasteiger partial charge in [0.1, 0.15) is 0 Å². The van der Waals surface area contributed by atoms with Crippen LogP contribution in [0.1, 0.15) is 13.8 Å². The van der Waals surface area contributed by atoms with Gasteiger partial charge in [-0.05, 0) is 5.92 Å². The number of rotatable bonds is 2. The number of hydrogen-bond acceptors (Lipinski definition) is 3. The number of nitrogens with zero attached hydrogens (tertiary/aromatic N) is 2. The Morgan fingerprint density at radius 1 is 1.64 bits per heavy atom. The van der Waals surface area contributed by atoms with Gasteiger partial charge in [0.2, 0.25) is 0 Å². The Bertz CT molecular complexity index is 377. The minimum atomic E-state index is -0.503. The van der Waals surface area contributed by atoms with Crippen LogP contribution in [0.15, 0.2) is 16.6 Å². The molecule has 5 heteroatoms. The van der Waals surface area contributed by atoms with Gasteiger partial charge in [0, 0.05) is 18.6 Å². The molecule has 1 aromatic rings. The molecular formula is C9H15N3OS. The number of amides is 1. The maximum atomic E-state index is 11.5. The third-order valence-electron chi connectivity index (χ3n) is 1.97. The van der Waals surface area contributed by atoms with Gasteiger partial charge in [-0.15, -0.1) is 11.3 Å². The van der Waals surface area contributed by atoms with Crippen molar-refractivity contribution in [3.8, 4) is 0 Å². The monoisotopic (exact) mass is 213 g/mol. The molecule has 0 aliphatic carbocycles. The Morgan fingerprint density at radius 2 is 2.29 bits per heavy atom. The van der Waals surface area contributed by atoms with Crippen molar-refractivity contribution in [3.05, 3.63) is 16.4 Å². The quantitative estimate of drug-likeness (QED) is 0.777. The lowest BCUT2D eigenvalue weighted by Gasteiger charge is -2.09. The minimum absolute atomic E-state index is 0.122. The number of carbonyl (C=O) groups is 1. The molecule has 0 spiro atoms. The van der Waals surface area contributed by atoms with E-state index in [1.807, 2.05) is 32.5 Å². The number of carbonyl (C=O) groups excluding carboxylic acids is 1. The van der Waals surface area contributed by atoms with Crippen LogP contribution < -0.4 is 10.5 Å². The normalized spacial score (nSPS) is 14.8. The summed E-state index contributed by atoms with van der Waals surface area (Å²) in [6.07, 6.45) is 1.86. The lowest BCUT2D eigenvalue weighted by molar-refractivity contribution is -0.120. The predicted molar refractivity (Wildman–Crippen MR) is 56.7 cm³/mol. The molecule has 0 saturated heterocycles. The van der Waals surface area contributed by atoms with Gasteiger partial charge in [-0.25, -0.2) is 0 Å². The Kier molecular flexibility index (Phi) is 3.60. The van der Waals surface area contributed by atoms with E-state index in [9.17, 15) is 4.79 Å². The highest BCUT2D eigenvalue weighted by Crippen LogP contribution is 1.99. The van der Waals surface area contributed by atoms with Gasteiger partial charge in [-0.1, -0.05) is 13.8 Å². The van der Waals surface area contributed by atoms with Gasteiger partial charge in [0.05, 0.1) is 6.04 Å². The summed E-state index contributed by atoms with van der Waals surface area (Å²) in [6, 6.07) is -0.503. The van der Waals surface area contributed by atoms with Gasteiger partial charge in [-0.3, -0.25) is 4.79 Å². The maximum absolute atomic E-state index is 11.5. The van der Waals surface area contributed by atoms with E-state index in [4.69, 9.17) is 5.73 Å². The van der Waals surface area contributed by atoms with Crippen LogP contribution in [-0.2, 0) is 11.8 Å². The number of hydrogen-bond donors (Lipinski definition) is 1. The zero-order chi connectivity index (χ0) is 10.7. The van der Waals surface area contributed by atoms with Crippen molar-refractivity contribution >= 4 is 17.2 Å². The van der Waals surface area contributed by atoms with Crippen LogP contribution >= 0.6 is 11.3 Å². The van der Waals surface area contributed by atoms with Crippen LogP contribution in [-0.4, -0.2) is 16.5 Å². The summed E-state index contributed by atoms with van der Waals surface area (Å²) < 4.78 is 1.80. The van der Waals surface area contributed by atoms with E-state index in [0.717, 1.165) is 0 Å². The molecule has 0 aliphatic heterocycles. The number of aromatic nitrogens is 1. The second-order valence-corrected chi connectivity index (χ2v) is 4.39. The van der Waals surface area contributed by atoms with Gasteiger partial charge < -0.3 is 10.3 Å². The van der Waals surface area contributed by atoms with Gasteiger partial charge >= 0.3 is 0 Å². The van der Waals surface area contributed by atoms with E-state index in [1.54, 1.807) is 4.57 Å². The summed E-state index contributed by atoms with van der Waals surface area (Å²) in [5, 5.41) is 1.88. The molecule has 2 N–H and O–H groups in total. The molecule has 14 heavy (non-hydrogen) atoms. The van der Waals surface area contributed by atoms with E-state index in [0.29, 0.717) is 4.80 Å². The van der Waals surface area contributed by atoms with E-state index >= 15 is 0 Å². The topological polar surface area (TPSA) is 60.4 Å². The SMILES string of the molecule is CC(C)C(N)C(=O)N=c1sccn1C. The lowest BCUT2D eigenvalue weighted by atomic mass is 10.1. The largest absolute Gasteiger partial charge is 0.327 e. The molecule has 0 saturated carbocycles. The molecule has 1 amide bonds. The second kappa shape index (κ2) is 4.52. The molecule has 0 radical (unpaired) electrons. The summed E-state index contributed by atoms with van der Waals surface area (Å²) in [6.45, 7) is 3.82. The molecule has 1 unspecified atom stereocenters. The average Bonchev–Trinajstić information content (AvgIpc) is 2.50. The Labute approximate surface area is 87.1 Å². The average molecular weight is 213 g/mol. The molecule has 1 atom stereocenters. The van der Waals surface area contributed by atoms with Crippen LogP contribution in [0.2, 0.25) is 0 Å². The molecular weight excluding hydrogens is 198 g/mol. The third-order valence-corrected chi connectivity index (χ3v) is 2.82. The van der Waals surface area contributed by atoms with Crippen molar-refractivity contribution in [2.75, 3.05) is 0 Å². The van der Waals surface area contributed by atoms with Crippen molar-refractivity contribution < 1.29 is 4.79 Å². The first kappa shape index (κ1) is 11.1. The highest BCUT2D eigenvalue weighted by atomic mass is 32.1. The fraction of sp³-hybridized carbons (Fsp3) is 0.556. The number of thiazole rings is 1. The van der Waals surface area contributed by atoms with Crippen molar-refractivity contribution in [1.29, 1.82) is 0 Å². The summed E-state index contributed by atoms with van der Waals surface area (Å²) in [5.41, 5.74) is 5.68. The molecule has 4 nitrogen and oxygen atoms in total. The maximum Gasteiger partial charge on any atom is 0.265 e. The first-order valence-electron chi connectivity index (χ1n) is 4.46. The second-order valence-electron chi connectivity index (χ2n) is 3.52. The smallest absolute Gasteiger partial charge is 0.265 e. The molecule has 1 aromatic heterocycles. The molecule has 0 aromatic carbocycles. The Balaban J connectivity index is 2.89. The van der Waals surface area contributed by atoms with Gasteiger partial charge in [0.15, 0.2) is 4.80 Å². The molecule has 0 bridgehead atoms. The lowest BCUT2D eigenvalue weighted by Crippen LogP contribution is -2.35. The number of aryl methyl sites for hydroxylation is 1. The van der Waals surface area contributed by atoms with E-state index in [-0.39, 0.29) is 11.8 Å². The van der Waals surface area contributed by atoms with Crippen molar-refractivity contribution in [2.24, 2.45) is 23.7 Å². The molecule has 1 rings (SSSR count). The standard InChI is InChI=1S/C9H15N3OS/c1-6(2)7(10)8(13)11-9-12(3)4-5-14-9/h4-7H,10H2,1-3H3. The highest BCUT2D eigenvalue weighted by Gasteiger charge is 2.16. The summed E-state index contributed by atoms with van der Waals surface area (Å²) >= 11 is 1.43. The van der Waals surface area contributed by atoms with Gasteiger partial charge in [0.25, 0.3) is 5.91 Å². The van der Waals surface area contributed by atoms with Crippen molar-refractivity contribution in [1.82, 2.24) is 4.57 Å². The fourth-order valence-electron chi connectivity index (χ4n) is 0.889. The van der Waals surface area contributed by atoms with Crippen molar-refractivity contribution in [2.45, 2.75) is 19.9 Å². The molecule has 0 fully saturated rings. The summed E-state index contributed by atoms with van der Waals surface area (Å²) in [4.78, 5) is 16.1. The Morgan fingerprint density at radius 3 is 2.71 bits per heavy atom. The Hall–Kier alpha value is -0.940. The first-order valence-corrected chi connectivity index (χ1v) is 5.34. The minimum Gasteiger partial charge on any atom is -0.327 e. The fourth-order valence-corrected chi connectivity index (χ4v) is 1.62. The molecule has 1 heterocycles. The zero-order valence-corrected chi connectivity index (χ0v) is 9.41. The van der Waals surface area contributed by atoms with Crippen LogP contribution in [0, 0.1) is 5.92 Å². The zero-order valence-electron chi connectivity index (χ0n) is 8.60. The third kappa shape index (κ3) is 2.52. The van der Waals surface area contributed by atoms with Crippen LogP contribution in [0.5, 0.6) is 0 Å². The van der Waals surface area contributed by atoms with Crippen LogP contribution in [0.4, 0.5) is 0 Å². The number of nitrogens with two attached hydrogens (primary N) is 1. The van der Waals surface area contributed by atoms with E-state index < -0.39 is 6.04 Å². The van der Waals surface area contributed by atoms with E-state index in [2.05, 4.69) is 4.99 Å². The molecule has 78 valence electrons. The van der Waals surface area contributed by atoms with Gasteiger partial charge in [-0.2, -0.15) is 4.99 Å². The predicted octanol–water partition coefficient (Wildman–Crippen LogP) is 0.497.